The van der Waals surface area contributed by atoms with Crippen LogP contribution in [0.15, 0.2) is 24.3 Å². The van der Waals surface area contributed by atoms with Crippen molar-refractivity contribution in [1.29, 1.82) is 0 Å². The van der Waals surface area contributed by atoms with E-state index in [2.05, 4.69) is 6.08 Å². The van der Waals surface area contributed by atoms with Gasteiger partial charge in [0.05, 0.1) is 19.2 Å². The first-order chi connectivity index (χ1) is 7.72. The van der Waals surface area contributed by atoms with Crippen LogP contribution in [-0.2, 0) is 6.42 Å². The van der Waals surface area contributed by atoms with Crippen molar-refractivity contribution in [2.75, 3.05) is 14.2 Å². The maximum absolute atomic E-state index is 6.02. The van der Waals surface area contributed by atoms with E-state index < -0.39 is 0 Å². The number of allylic oxidation sites excluding steroid dienone is 2. The maximum Gasteiger partial charge on any atom is 0.137 e. The molecule has 0 unspecified atom stereocenters. The lowest BCUT2D eigenvalue weighted by molar-refractivity contribution is 0.399. The Bertz CT molecular complexity index is 372. The fourth-order valence-corrected chi connectivity index (χ4v) is 1.76. The minimum absolute atomic E-state index is 0.578. The van der Waals surface area contributed by atoms with E-state index in [0.717, 1.165) is 24.2 Å². The summed E-state index contributed by atoms with van der Waals surface area (Å²) in [5.41, 5.74) is 1.11. The van der Waals surface area contributed by atoms with Crippen molar-refractivity contribution in [3.8, 4) is 11.5 Å². The number of aryl methyl sites for hydroxylation is 1. The highest BCUT2D eigenvalue weighted by molar-refractivity contribution is 6.32. The third-order valence-corrected chi connectivity index (χ3v) is 2.67. The first-order valence-electron chi connectivity index (χ1n) is 5.24. The molecule has 1 rings (SSSR count). The highest BCUT2D eigenvalue weighted by atomic mass is 35.5. The summed E-state index contributed by atoms with van der Waals surface area (Å²) >= 11 is 6.02. The van der Waals surface area contributed by atoms with Gasteiger partial charge in [-0.05, 0) is 31.4 Å². The summed E-state index contributed by atoms with van der Waals surface area (Å²) in [6, 6.07) is 3.73. The number of halogens is 1. The molecule has 0 aliphatic carbocycles. The Morgan fingerprint density at radius 3 is 2.44 bits per heavy atom. The summed E-state index contributed by atoms with van der Waals surface area (Å²) < 4.78 is 10.5. The average Bonchev–Trinajstić information content (AvgIpc) is 2.30. The number of benzene rings is 1. The number of rotatable bonds is 5. The van der Waals surface area contributed by atoms with E-state index in [1.807, 2.05) is 19.1 Å². The predicted octanol–water partition coefficient (Wildman–Crippen LogP) is 3.87. The number of methoxy groups -OCH3 is 2. The van der Waals surface area contributed by atoms with Crippen molar-refractivity contribution in [2.24, 2.45) is 0 Å². The smallest absolute Gasteiger partial charge is 0.137 e. The van der Waals surface area contributed by atoms with Gasteiger partial charge in [0.2, 0.25) is 0 Å². The average molecular weight is 241 g/mol. The summed E-state index contributed by atoms with van der Waals surface area (Å²) in [5.74, 6) is 1.51. The Labute approximate surface area is 102 Å². The van der Waals surface area contributed by atoms with Crippen molar-refractivity contribution in [3.63, 3.8) is 0 Å². The normalized spacial score (nSPS) is 10.8. The minimum atomic E-state index is 0.578. The standard InChI is InChI=1S/C13H17ClO2/c1-4-5-6-7-10-8-13(16-3)11(14)9-12(10)15-2/h4-5,8-9H,6-7H2,1-3H3/b5-4-. The third-order valence-electron chi connectivity index (χ3n) is 2.37. The molecular weight excluding hydrogens is 224 g/mol. The van der Waals surface area contributed by atoms with Gasteiger partial charge in [0.25, 0.3) is 0 Å². The highest BCUT2D eigenvalue weighted by Gasteiger charge is 2.08. The van der Waals surface area contributed by atoms with Crippen LogP contribution in [0.2, 0.25) is 5.02 Å². The van der Waals surface area contributed by atoms with E-state index in [-0.39, 0.29) is 0 Å². The van der Waals surface area contributed by atoms with Crippen LogP contribution in [0.25, 0.3) is 0 Å². The van der Waals surface area contributed by atoms with Crippen LogP contribution < -0.4 is 9.47 Å². The quantitative estimate of drug-likeness (QED) is 0.728. The second kappa shape index (κ2) is 6.44. The summed E-state index contributed by atoms with van der Waals surface area (Å²) in [4.78, 5) is 0. The zero-order valence-electron chi connectivity index (χ0n) is 9.92. The van der Waals surface area contributed by atoms with Crippen LogP contribution in [0.1, 0.15) is 18.9 Å². The summed E-state index contributed by atoms with van der Waals surface area (Å²) in [5, 5.41) is 0.578. The molecular formula is C13H17ClO2. The van der Waals surface area contributed by atoms with E-state index in [9.17, 15) is 0 Å². The van der Waals surface area contributed by atoms with Gasteiger partial charge in [-0.15, -0.1) is 0 Å². The van der Waals surface area contributed by atoms with Gasteiger partial charge < -0.3 is 9.47 Å². The van der Waals surface area contributed by atoms with Crippen molar-refractivity contribution < 1.29 is 9.47 Å². The van der Waals surface area contributed by atoms with Gasteiger partial charge in [0.1, 0.15) is 11.5 Å². The molecule has 0 aliphatic rings. The summed E-state index contributed by atoms with van der Waals surface area (Å²) in [6.07, 6.45) is 6.07. The van der Waals surface area contributed by atoms with E-state index in [1.54, 1.807) is 20.3 Å². The number of hydrogen-bond acceptors (Lipinski definition) is 2. The molecule has 2 nitrogen and oxygen atoms in total. The molecule has 1 aromatic carbocycles. The molecule has 3 heteroatoms. The van der Waals surface area contributed by atoms with Crippen LogP contribution in [-0.4, -0.2) is 14.2 Å². The molecule has 0 atom stereocenters. The molecule has 0 saturated heterocycles. The Morgan fingerprint density at radius 2 is 1.88 bits per heavy atom. The Balaban J connectivity index is 2.95. The highest BCUT2D eigenvalue weighted by Crippen LogP contribution is 2.33. The monoisotopic (exact) mass is 240 g/mol. The van der Waals surface area contributed by atoms with E-state index in [1.165, 1.54) is 0 Å². The number of hydrogen-bond donors (Lipinski definition) is 0. The van der Waals surface area contributed by atoms with Crippen LogP contribution in [0, 0.1) is 0 Å². The predicted molar refractivity (Wildman–Crippen MR) is 67.7 cm³/mol. The van der Waals surface area contributed by atoms with Crippen LogP contribution >= 0.6 is 11.6 Å². The van der Waals surface area contributed by atoms with Gasteiger partial charge >= 0.3 is 0 Å². The Hall–Kier alpha value is -1.15. The summed E-state index contributed by atoms with van der Waals surface area (Å²) in [7, 11) is 3.26. The molecule has 0 aliphatic heterocycles. The zero-order chi connectivity index (χ0) is 12.0. The molecule has 0 N–H and O–H groups in total. The van der Waals surface area contributed by atoms with Crippen LogP contribution in [0.4, 0.5) is 0 Å². The molecule has 16 heavy (non-hydrogen) atoms. The van der Waals surface area contributed by atoms with Gasteiger partial charge in [-0.2, -0.15) is 0 Å². The van der Waals surface area contributed by atoms with Gasteiger partial charge in [0.15, 0.2) is 0 Å². The van der Waals surface area contributed by atoms with Crippen molar-refractivity contribution in [1.82, 2.24) is 0 Å². The zero-order valence-corrected chi connectivity index (χ0v) is 10.7. The molecule has 88 valence electrons. The topological polar surface area (TPSA) is 18.5 Å². The molecule has 0 aromatic heterocycles. The summed E-state index contributed by atoms with van der Waals surface area (Å²) in [6.45, 7) is 2.01. The fraction of sp³-hybridized carbons (Fsp3) is 0.385. The lowest BCUT2D eigenvalue weighted by Crippen LogP contribution is -1.94. The molecule has 0 saturated carbocycles. The first-order valence-corrected chi connectivity index (χ1v) is 5.62. The fourth-order valence-electron chi connectivity index (χ4n) is 1.52. The lowest BCUT2D eigenvalue weighted by Gasteiger charge is -2.11. The Morgan fingerprint density at radius 1 is 1.19 bits per heavy atom. The lowest BCUT2D eigenvalue weighted by atomic mass is 10.1. The van der Waals surface area contributed by atoms with E-state index in [0.29, 0.717) is 10.8 Å². The van der Waals surface area contributed by atoms with Crippen LogP contribution in [0.5, 0.6) is 11.5 Å². The van der Waals surface area contributed by atoms with Gasteiger partial charge in [-0.3, -0.25) is 0 Å². The molecule has 1 aromatic rings. The molecule has 0 fully saturated rings. The SMILES string of the molecule is C/C=C\CCc1cc(OC)c(Cl)cc1OC. The molecule has 0 amide bonds. The van der Waals surface area contributed by atoms with E-state index in [4.69, 9.17) is 21.1 Å². The largest absolute Gasteiger partial charge is 0.496 e. The van der Waals surface area contributed by atoms with E-state index >= 15 is 0 Å². The second-order valence-electron chi connectivity index (χ2n) is 3.41. The second-order valence-corrected chi connectivity index (χ2v) is 3.81. The van der Waals surface area contributed by atoms with Crippen molar-refractivity contribution in [2.45, 2.75) is 19.8 Å². The van der Waals surface area contributed by atoms with Crippen LogP contribution in [0.3, 0.4) is 0 Å². The minimum Gasteiger partial charge on any atom is -0.496 e. The molecule has 0 spiro atoms. The molecule has 0 heterocycles. The third kappa shape index (κ3) is 3.17. The molecule has 0 bridgehead atoms. The van der Waals surface area contributed by atoms with Gasteiger partial charge in [-0.1, -0.05) is 23.8 Å². The maximum atomic E-state index is 6.02. The van der Waals surface area contributed by atoms with Gasteiger partial charge in [0, 0.05) is 6.07 Å². The molecule has 0 radical (unpaired) electrons. The number of ether oxygens (including phenoxy) is 2. The van der Waals surface area contributed by atoms with Crippen molar-refractivity contribution in [3.05, 3.63) is 34.9 Å². The van der Waals surface area contributed by atoms with Crippen molar-refractivity contribution >= 4 is 11.6 Å². The Kier molecular flexibility index (Phi) is 5.20. The van der Waals surface area contributed by atoms with Gasteiger partial charge in [-0.25, -0.2) is 0 Å². The first kappa shape index (κ1) is 12.9.